The molecular weight excluding hydrogens is 188 g/mol. The van der Waals surface area contributed by atoms with Gasteiger partial charge in [0.15, 0.2) is 5.78 Å². The zero-order valence-corrected chi connectivity index (χ0v) is 8.19. The molecule has 2 nitrogen and oxygen atoms in total. The van der Waals surface area contributed by atoms with Gasteiger partial charge < -0.3 is 4.74 Å². The number of ether oxygens (including phenoxy) is 1. The molecule has 2 aromatic rings. The standard InChI is InChI=1S/C13H10O2/c14-12-7-8-15-13-10-4-2-1-3-9(10)5-6-11(12)13/h1-6H,7-8H2. The van der Waals surface area contributed by atoms with Crippen LogP contribution in [0.15, 0.2) is 36.4 Å². The van der Waals surface area contributed by atoms with E-state index in [1.165, 1.54) is 0 Å². The molecule has 15 heavy (non-hydrogen) atoms. The molecule has 1 heterocycles. The van der Waals surface area contributed by atoms with Crippen molar-refractivity contribution in [2.24, 2.45) is 0 Å². The number of hydrogen-bond donors (Lipinski definition) is 0. The maximum absolute atomic E-state index is 11.6. The van der Waals surface area contributed by atoms with Gasteiger partial charge in [0.2, 0.25) is 0 Å². The largest absolute Gasteiger partial charge is 0.492 e. The van der Waals surface area contributed by atoms with E-state index in [9.17, 15) is 4.79 Å². The van der Waals surface area contributed by atoms with Gasteiger partial charge in [0.25, 0.3) is 0 Å². The minimum atomic E-state index is 0.182. The molecule has 0 amide bonds. The fourth-order valence-electron chi connectivity index (χ4n) is 2.00. The predicted molar refractivity (Wildman–Crippen MR) is 58.4 cm³/mol. The zero-order valence-electron chi connectivity index (χ0n) is 8.19. The highest BCUT2D eigenvalue weighted by atomic mass is 16.5. The SMILES string of the molecule is O=C1CCOc2c1ccc1ccccc21. The Kier molecular flexibility index (Phi) is 1.75. The van der Waals surface area contributed by atoms with Gasteiger partial charge in [-0.15, -0.1) is 0 Å². The summed E-state index contributed by atoms with van der Waals surface area (Å²) in [7, 11) is 0. The lowest BCUT2D eigenvalue weighted by atomic mass is 9.99. The third kappa shape index (κ3) is 1.22. The van der Waals surface area contributed by atoms with Crippen LogP contribution in [0, 0.1) is 0 Å². The highest BCUT2D eigenvalue weighted by molar-refractivity contribution is 6.05. The fraction of sp³-hybridized carbons (Fsp3) is 0.154. The second-order valence-electron chi connectivity index (χ2n) is 3.69. The zero-order chi connectivity index (χ0) is 10.3. The number of hydrogen-bond acceptors (Lipinski definition) is 2. The summed E-state index contributed by atoms with van der Waals surface area (Å²) in [6, 6.07) is 11.8. The summed E-state index contributed by atoms with van der Waals surface area (Å²) in [5.41, 5.74) is 0.722. The molecule has 74 valence electrons. The lowest BCUT2D eigenvalue weighted by Gasteiger charge is -2.17. The van der Waals surface area contributed by atoms with E-state index in [4.69, 9.17) is 4.74 Å². The average Bonchev–Trinajstić information content (AvgIpc) is 2.29. The summed E-state index contributed by atoms with van der Waals surface area (Å²) in [6.45, 7) is 0.500. The number of benzene rings is 2. The second kappa shape index (κ2) is 3.09. The van der Waals surface area contributed by atoms with Crippen LogP contribution in [0.3, 0.4) is 0 Å². The van der Waals surface area contributed by atoms with E-state index in [0.29, 0.717) is 13.0 Å². The average molecular weight is 198 g/mol. The van der Waals surface area contributed by atoms with Crippen LogP contribution in [-0.2, 0) is 0 Å². The molecule has 2 heteroatoms. The molecule has 1 aliphatic heterocycles. The smallest absolute Gasteiger partial charge is 0.170 e. The van der Waals surface area contributed by atoms with Gasteiger partial charge in [0.1, 0.15) is 5.75 Å². The van der Waals surface area contributed by atoms with Gasteiger partial charge >= 0.3 is 0 Å². The highest BCUT2D eigenvalue weighted by Crippen LogP contribution is 2.32. The molecule has 0 fully saturated rings. The van der Waals surface area contributed by atoms with Gasteiger partial charge in [0, 0.05) is 11.8 Å². The number of rotatable bonds is 0. The van der Waals surface area contributed by atoms with Gasteiger partial charge in [-0.2, -0.15) is 0 Å². The van der Waals surface area contributed by atoms with Crippen LogP contribution in [0.2, 0.25) is 0 Å². The molecule has 0 atom stereocenters. The highest BCUT2D eigenvalue weighted by Gasteiger charge is 2.19. The normalized spacial score (nSPS) is 14.8. The summed E-state index contributed by atoms with van der Waals surface area (Å²) in [5, 5.41) is 2.15. The molecule has 3 rings (SSSR count). The topological polar surface area (TPSA) is 26.3 Å². The van der Waals surface area contributed by atoms with Crippen molar-refractivity contribution in [2.45, 2.75) is 6.42 Å². The molecule has 0 spiro atoms. The molecular formula is C13H10O2. The Morgan fingerprint density at radius 3 is 2.87 bits per heavy atom. The van der Waals surface area contributed by atoms with E-state index in [1.54, 1.807) is 0 Å². The molecule has 0 aromatic heterocycles. The van der Waals surface area contributed by atoms with Crippen molar-refractivity contribution >= 4 is 16.6 Å². The van der Waals surface area contributed by atoms with Gasteiger partial charge in [-0.1, -0.05) is 30.3 Å². The predicted octanol–water partition coefficient (Wildman–Crippen LogP) is 2.81. The van der Waals surface area contributed by atoms with Crippen LogP contribution in [-0.4, -0.2) is 12.4 Å². The quantitative estimate of drug-likeness (QED) is 0.650. The van der Waals surface area contributed by atoms with Crippen LogP contribution in [0.1, 0.15) is 16.8 Å². The molecule has 0 bridgehead atoms. The summed E-state index contributed by atoms with van der Waals surface area (Å²) in [5.74, 6) is 0.936. The van der Waals surface area contributed by atoms with Crippen molar-refractivity contribution in [3.05, 3.63) is 42.0 Å². The molecule has 0 N–H and O–H groups in total. The van der Waals surface area contributed by atoms with Crippen molar-refractivity contribution in [1.82, 2.24) is 0 Å². The number of carbonyl (C=O) groups is 1. The van der Waals surface area contributed by atoms with E-state index < -0.39 is 0 Å². The molecule has 1 aliphatic rings. The summed E-state index contributed by atoms with van der Waals surface area (Å²) in [4.78, 5) is 11.6. The third-order valence-corrected chi connectivity index (χ3v) is 2.76. The van der Waals surface area contributed by atoms with Crippen LogP contribution in [0.5, 0.6) is 5.75 Å². The Morgan fingerprint density at radius 1 is 1.07 bits per heavy atom. The van der Waals surface area contributed by atoms with Crippen molar-refractivity contribution in [3.8, 4) is 5.75 Å². The summed E-state index contributed by atoms with van der Waals surface area (Å²) >= 11 is 0. The van der Waals surface area contributed by atoms with E-state index in [1.807, 2.05) is 36.4 Å². The maximum Gasteiger partial charge on any atom is 0.170 e. The Morgan fingerprint density at radius 2 is 1.93 bits per heavy atom. The molecule has 0 unspecified atom stereocenters. The molecule has 0 aliphatic carbocycles. The number of ketones is 1. The van der Waals surface area contributed by atoms with Crippen molar-refractivity contribution in [2.75, 3.05) is 6.61 Å². The molecule has 0 saturated heterocycles. The molecule has 0 radical (unpaired) electrons. The van der Waals surface area contributed by atoms with Crippen LogP contribution >= 0.6 is 0 Å². The fourth-order valence-corrected chi connectivity index (χ4v) is 2.00. The first-order valence-corrected chi connectivity index (χ1v) is 5.04. The van der Waals surface area contributed by atoms with Crippen molar-refractivity contribution in [1.29, 1.82) is 0 Å². The van der Waals surface area contributed by atoms with Crippen LogP contribution in [0.25, 0.3) is 10.8 Å². The van der Waals surface area contributed by atoms with Crippen molar-refractivity contribution in [3.63, 3.8) is 0 Å². The summed E-state index contributed by atoms with van der Waals surface area (Å²) < 4.78 is 5.59. The Labute approximate surface area is 87.5 Å². The summed E-state index contributed by atoms with van der Waals surface area (Å²) in [6.07, 6.45) is 0.491. The third-order valence-electron chi connectivity index (χ3n) is 2.76. The van der Waals surface area contributed by atoms with Gasteiger partial charge in [-0.3, -0.25) is 4.79 Å². The first kappa shape index (κ1) is 8.48. The maximum atomic E-state index is 11.6. The van der Waals surface area contributed by atoms with E-state index in [2.05, 4.69) is 0 Å². The molecule has 2 aromatic carbocycles. The second-order valence-corrected chi connectivity index (χ2v) is 3.69. The van der Waals surface area contributed by atoms with Crippen LogP contribution in [0.4, 0.5) is 0 Å². The number of Topliss-reactive ketones (excluding diaryl/α,β-unsaturated/α-hetero) is 1. The Bertz CT molecular complexity index is 543. The first-order valence-electron chi connectivity index (χ1n) is 5.04. The van der Waals surface area contributed by atoms with E-state index in [-0.39, 0.29) is 5.78 Å². The first-order chi connectivity index (χ1) is 7.36. The van der Waals surface area contributed by atoms with Crippen LogP contribution < -0.4 is 4.74 Å². The number of carbonyl (C=O) groups excluding carboxylic acids is 1. The number of fused-ring (bicyclic) bond motifs is 3. The van der Waals surface area contributed by atoms with Gasteiger partial charge in [0.05, 0.1) is 12.2 Å². The van der Waals surface area contributed by atoms with E-state index >= 15 is 0 Å². The minimum Gasteiger partial charge on any atom is -0.492 e. The lowest BCUT2D eigenvalue weighted by Crippen LogP contribution is -2.15. The van der Waals surface area contributed by atoms with Crippen molar-refractivity contribution < 1.29 is 9.53 Å². The lowest BCUT2D eigenvalue weighted by molar-refractivity contribution is 0.0935. The van der Waals surface area contributed by atoms with E-state index in [0.717, 1.165) is 22.1 Å². The Hall–Kier alpha value is -1.83. The van der Waals surface area contributed by atoms with Gasteiger partial charge in [-0.05, 0) is 11.5 Å². The molecule has 0 saturated carbocycles. The monoisotopic (exact) mass is 198 g/mol. The minimum absolute atomic E-state index is 0.182. The van der Waals surface area contributed by atoms with Gasteiger partial charge in [-0.25, -0.2) is 0 Å². The Balaban J connectivity index is 2.38.